The average molecular weight is 262 g/mol. The largest absolute Gasteiger partial charge is 0.382 e. The standard InChI is InChI=1S/C15H13ClFN/c16-14-11-13(8-9-15(14)17)18-10-4-7-12-5-2-1-3-6-12/h1-9,11,18H,10H2/b7-4+. The van der Waals surface area contributed by atoms with Gasteiger partial charge in [0.1, 0.15) is 5.82 Å². The summed E-state index contributed by atoms with van der Waals surface area (Å²) in [6.07, 6.45) is 4.03. The number of halogens is 2. The number of anilines is 1. The van der Waals surface area contributed by atoms with Gasteiger partial charge < -0.3 is 5.32 Å². The molecular weight excluding hydrogens is 249 g/mol. The summed E-state index contributed by atoms with van der Waals surface area (Å²) in [7, 11) is 0. The second-order valence-electron chi connectivity index (χ2n) is 3.82. The molecular formula is C15H13ClFN. The summed E-state index contributed by atoms with van der Waals surface area (Å²) >= 11 is 5.69. The Balaban J connectivity index is 1.89. The first-order chi connectivity index (χ1) is 8.75. The van der Waals surface area contributed by atoms with Crippen LogP contribution in [-0.4, -0.2) is 6.54 Å². The van der Waals surface area contributed by atoms with Crippen LogP contribution in [0.5, 0.6) is 0 Å². The maximum Gasteiger partial charge on any atom is 0.141 e. The summed E-state index contributed by atoms with van der Waals surface area (Å²) in [5.74, 6) is -0.401. The molecule has 0 aliphatic rings. The van der Waals surface area contributed by atoms with Crippen LogP contribution >= 0.6 is 11.6 Å². The molecule has 3 heteroatoms. The predicted octanol–water partition coefficient (Wildman–Crippen LogP) is 4.60. The van der Waals surface area contributed by atoms with Crippen LogP contribution < -0.4 is 5.32 Å². The highest BCUT2D eigenvalue weighted by Gasteiger charge is 1.98. The van der Waals surface area contributed by atoms with Gasteiger partial charge in [-0.05, 0) is 23.8 Å². The minimum absolute atomic E-state index is 0.132. The Bertz CT molecular complexity index is 537. The molecule has 0 spiro atoms. The van der Waals surface area contributed by atoms with Crippen molar-refractivity contribution in [2.24, 2.45) is 0 Å². The van der Waals surface area contributed by atoms with E-state index in [1.54, 1.807) is 12.1 Å². The molecule has 1 nitrogen and oxygen atoms in total. The SMILES string of the molecule is Fc1ccc(NC/C=C/c2ccccc2)cc1Cl. The number of rotatable bonds is 4. The third-order valence-corrected chi connectivity index (χ3v) is 2.74. The Hall–Kier alpha value is -1.80. The molecule has 92 valence electrons. The number of nitrogens with one attached hydrogen (secondary N) is 1. The van der Waals surface area contributed by atoms with Crippen molar-refractivity contribution in [1.29, 1.82) is 0 Å². The fourth-order valence-electron chi connectivity index (χ4n) is 1.54. The molecule has 1 N–H and O–H groups in total. The summed E-state index contributed by atoms with van der Waals surface area (Å²) in [4.78, 5) is 0. The average Bonchev–Trinajstić information content (AvgIpc) is 2.40. The molecule has 0 amide bonds. The van der Waals surface area contributed by atoms with Crippen molar-refractivity contribution in [2.45, 2.75) is 0 Å². The maximum absolute atomic E-state index is 12.9. The lowest BCUT2D eigenvalue weighted by atomic mass is 10.2. The highest BCUT2D eigenvalue weighted by molar-refractivity contribution is 6.31. The maximum atomic E-state index is 12.9. The third kappa shape index (κ3) is 3.60. The van der Waals surface area contributed by atoms with Gasteiger partial charge in [0.05, 0.1) is 5.02 Å². The van der Waals surface area contributed by atoms with E-state index in [1.165, 1.54) is 6.07 Å². The third-order valence-electron chi connectivity index (χ3n) is 2.45. The van der Waals surface area contributed by atoms with Gasteiger partial charge in [-0.1, -0.05) is 54.1 Å². The summed E-state index contributed by atoms with van der Waals surface area (Å²) in [5, 5.41) is 3.28. The van der Waals surface area contributed by atoms with E-state index >= 15 is 0 Å². The Kier molecular flexibility index (Phi) is 4.37. The fraction of sp³-hybridized carbons (Fsp3) is 0.0667. The molecule has 0 aromatic heterocycles. The highest BCUT2D eigenvalue weighted by atomic mass is 35.5. The van der Waals surface area contributed by atoms with Gasteiger partial charge >= 0.3 is 0 Å². The molecule has 2 rings (SSSR count). The predicted molar refractivity (Wildman–Crippen MR) is 75.4 cm³/mol. The summed E-state index contributed by atoms with van der Waals surface area (Å²) in [6.45, 7) is 0.664. The molecule has 0 heterocycles. The van der Waals surface area contributed by atoms with Gasteiger partial charge in [0.15, 0.2) is 0 Å². The summed E-state index contributed by atoms with van der Waals surface area (Å²) in [5.41, 5.74) is 1.95. The monoisotopic (exact) mass is 261 g/mol. The van der Waals surface area contributed by atoms with Crippen molar-refractivity contribution < 1.29 is 4.39 Å². The van der Waals surface area contributed by atoms with E-state index in [-0.39, 0.29) is 5.02 Å². The first kappa shape index (κ1) is 12.7. The second-order valence-corrected chi connectivity index (χ2v) is 4.23. The van der Waals surface area contributed by atoms with Crippen LogP contribution in [-0.2, 0) is 0 Å². The minimum atomic E-state index is -0.401. The van der Waals surface area contributed by atoms with Crippen molar-refractivity contribution in [3.05, 3.63) is 71.0 Å². The van der Waals surface area contributed by atoms with E-state index in [9.17, 15) is 4.39 Å². The van der Waals surface area contributed by atoms with E-state index in [4.69, 9.17) is 11.6 Å². The zero-order valence-electron chi connectivity index (χ0n) is 9.74. The number of benzene rings is 2. The topological polar surface area (TPSA) is 12.0 Å². The van der Waals surface area contributed by atoms with Crippen LogP contribution in [0, 0.1) is 5.82 Å². The summed E-state index contributed by atoms with van der Waals surface area (Å²) < 4.78 is 12.9. The molecule has 0 radical (unpaired) electrons. The molecule has 0 fully saturated rings. The molecule has 0 aliphatic carbocycles. The molecule has 0 atom stereocenters. The lowest BCUT2D eigenvalue weighted by Gasteiger charge is -2.04. The molecule has 2 aromatic carbocycles. The van der Waals surface area contributed by atoms with Crippen molar-refractivity contribution >= 4 is 23.4 Å². The van der Waals surface area contributed by atoms with Crippen molar-refractivity contribution in [1.82, 2.24) is 0 Å². The fourth-order valence-corrected chi connectivity index (χ4v) is 1.72. The Morgan fingerprint density at radius 1 is 1.11 bits per heavy atom. The molecule has 0 saturated heterocycles. The number of hydrogen-bond acceptors (Lipinski definition) is 1. The first-order valence-electron chi connectivity index (χ1n) is 5.66. The Morgan fingerprint density at radius 2 is 1.89 bits per heavy atom. The van der Waals surface area contributed by atoms with Crippen LogP contribution in [0.2, 0.25) is 5.02 Å². The molecule has 0 bridgehead atoms. The quantitative estimate of drug-likeness (QED) is 0.848. The van der Waals surface area contributed by atoms with Gasteiger partial charge in [-0.3, -0.25) is 0 Å². The molecule has 0 saturated carbocycles. The molecule has 18 heavy (non-hydrogen) atoms. The van der Waals surface area contributed by atoms with Gasteiger partial charge in [-0.15, -0.1) is 0 Å². The van der Waals surface area contributed by atoms with E-state index in [0.717, 1.165) is 11.3 Å². The van der Waals surface area contributed by atoms with Crippen LogP contribution in [0.15, 0.2) is 54.6 Å². The lowest BCUT2D eigenvalue weighted by molar-refractivity contribution is 0.628. The smallest absolute Gasteiger partial charge is 0.141 e. The number of hydrogen-bond donors (Lipinski definition) is 1. The van der Waals surface area contributed by atoms with Crippen molar-refractivity contribution in [3.63, 3.8) is 0 Å². The van der Waals surface area contributed by atoms with Crippen LogP contribution in [0.3, 0.4) is 0 Å². The van der Waals surface area contributed by atoms with Crippen molar-refractivity contribution in [2.75, 3.05) is 11.9 Å². The van der Waals surface area contributed by atoms with Crippen LogP contribution in [0.1, 0.15) is 5.56 Å². The normalized spacial score (nSPS) is 10.8. The lowest BCUT2D eigenvalue weighted by Crippen LogP contribution is -1.98. The van der Waals surface area contributed by atoms with E-state index in [1.807, 2.05) is 42.5 Å². The summed E-state index contributed by atoms with van der Waals surface area (Å²) in [6, 6.07) is 14.6. The van der Waals surface area contributed by atoms with E-state index in [0.29, 0.717) is 6.54 Å². The van der Waals surface area contributed by atoms with Gasteiger partial charge in [0, 0.05) is 12.2 Å². The zero-order chi connectivity index (χ0) is 12.8. The van der Waals surface area contributed by atoms with E-state index in [2.05, 4.69) is 5.32 Å². The Labute approximate surface area is 111 Å². The van der Waals surface area contributed by atoms with Gasteiger partial charge in [0.2, 0.25) is 0 Å². The van der Waals surface area contributed by atoms with Crippen molar-refractivity contribution in [3.8, 4) is 0 Å². The second kappa shape index (κ2) is 6.22. The van der Waals surface area contributed by atoms with Gasteiger partial charge in [0.25, 0.3) is 0 Å². The van der Waals surface area contributed by atoms with Crippen LogP contribution in [0.4, 0.5) is 10.1 Å². The first-order valence-corrected chi connectivity index (χ1v) is 6.04. The molecule has 0 aliphatic heterocycles. The van der Waals surface area contributed by atoms with E-state index < -0.39 is 5.82 Å². The highest BCUT2D eigenvalue weighted by Crippen LogP contribution is 2.19. The molecule has 2 aromatic rings. The van der Waals surface area contributed by atoms with Gasteiger partial charge in [-0.2, -0.15) is 0 Å². The molecule has 0 unspecified atom stereocenters. The van der Waals surface area contributed by atoms with Gasteiger partial charge in [-0.25, -0.2) is 4.39 Å². The Morgan fingerprint density at radius 3 is 2.61 bits per heavy atom. The minimum Gasteiger partial charge on any atom is -0.382 e. The zero-order valence-corrected chi connectivity index (χ0v) is 10.5. The van der Waals surface area contributed by atoms with Crippen LogP contribution in [0.25, 0.3) is 6.08 Å².